The summed E-state index contributed by atoms with van der Waals surface area (Å²) >= 11 is 0. The largest absolute Gasteiger partial charge is 0.416 e. The van der Waals surface area contributed by atoms with Gasteiger partial charge in [0.1, 0.15) is 12.1 Å². The third kappa shape index (κ3) is 3.63. The standard InChI is InChI=1S/C18H20F3N5/c1-11-9-14(26-16(24-11)22-10-23-26)25-15(17(2,3)4)12-5-7-13(8-6-12)18(19,20)21/h5-10,15,25H,1-4H3/t15-/m0/s1. The third-order valence-corrected chi connectivity index (χ3v) is 4.11. The fourth-order valence-electron chi connectivity index (χ4n) is 2.85. The van der Waals surface area contributed by atoms with E-state index in [9.17, 15) is 13.2 Å². The zero-order valence-electron chi connectivity index (χ0n) is 15.0. The molecule has 138 valence electrons. The van der Waals surface area contributed by atoms with E-state index in [0.717, 1.165) is 23.4 Å². The van der Waals surface area contributed by atoms with Crippen LogP contribution >= 0.6 is 0 Å². The van der Waals surface area contributed by atoms with Crippen molar-refractivity contribution in [3.8, 4) is 0 Å². The summed E-state index contributed by atoms with van der Waals surface area (Å²) in [5.41, 5.74) is 0.609. The quantitative estimate of drug-likeness (QED) is 0.736. The Kier molecular flexibility index (Phi) is 4.37. The van der Waals surface area contributed by atoms with Crippen LogP contribution in [0.2, 0.25) is 0 Å². The van der Waals surface area contributed by atoms with Gasteiger partial charge in [0.05, 0.1) is 11.6 Å². The Balaban J connectivity index is 2.00. The van der Waals surface area contributed by atoms with Crippen molar-refractivity contribution in [1.82, 2.24) is 19.6 Å². The number of aromatic nitrogens is 4. The highest BCUT2D eigenvalue weighted by atomic mass is 19.4. The first-order chi connectivity index (χ1) is 12.1. The molecule has 2 aromatic heterocycles. The van der Waals surface area contributed by atoms with Crippen LogP contribution in [-0.4, -0.2) is 19.6 Å². The minimum Gasteiger partial charge on any atom is -0.363 e. The van der Waals surface area contributed by atoms with Crippen LogP contribution in [0.15, 0.2) is 36.7 Å². The molecule has 1 atom stereocenters. The maximum atomic E-state index is 12.8. The van der Waals surface area contributed by atoms with Gasteiger partial charge in [-0.05, 0) is 30.0 Å². The van der Waals surface area contributed by atoms with Crippen molar-refractivity contribution >= 4 is 11.6 Å². The molecule has 0 aliphatic rings. The monoisotopic (exact) mass is 363 g/mol. The molecule has 1 N–H and O–H groups in total. The van der Waals surface area contributed by atoms with Crippen molar-refractivity contribution in [2.75, 3.05) is 5.32 Å². The Morgan fingerprint density at radius 3 is 2.31 bits per heavy atom. The van der Waals surface area contributed by atoms with Crippen LogP contribution in [-0.2, 0) is 6.18 Å². The molecule has 0 amide bonds. The number of anilines is 1. The Hall–Kier alpha value is -2.64. The van der Waals surface area contributed by atoms with Crippen molar-refractivity contribution in [1.29, 1.82) is 0 Å². The van der Waals surface area contributed by atoms with Crippen LogP contribution in [0.5, 0.6) is 0 Å². The number of nitrogens with zero attached hydrogens (tertiary/aromatic N) is 4. The lowest BCUT2D eigenvalue weighted by Crippen LogP contribution is -2.27. The van der Waals surface area contributed by atoms with Gasteiger partial charge >= 0.3 is 6.18 Å². The zero-order valence-corrected chi connectivity index (χ0v) is 15.0. The molecule has 0 radical (unpaired) electrons. The van der Waals surface area contributed by atoms with E-state index in [4.69, 9.17) is 0 Å². The molecule has 26 heavy (non-hydrogen) atoms. The molecule has 8 heteroatoms. The van der Waals surface area contributed by atoms with Crippen LogP contribution in [0.4, 0.5) is 19.0 Å². The molecule has 0 saturated carbocycles. The van der Waals surface area contributed by atoms with E-state index >= 15 is 0 Å². The highest BCUT2D eigenvalue weighted by molar-refractivity contribution is 5.47. The summed E-state index contributed by atoms with van der Waals surface area (Å²) in [6.07, 6.45) is -2.94. The van der Waals surface area contributed by atoms with Gasteiger partial charge in [0.15, 0.2) is 0 Å². The summed E-state index contributed by atoms with van der Waals surface area (Å²) in [4.78, 5) is 8.40. The van der Waals surface area contributed by atoms with Crippen molar-refractivity contribution in [2.24, 2.45) is 5.41 Å². The zero-order chi connectivity index (χ0) is 19.1. The predicted molar refractivity (Wildman–Crippen MR) is 92.8 cm³/mol. The molecule has 0 aliphatic carbocycles. The minimum atomic E-state index is -4.35. The molecule has 0 fully saturated rings. The Bertz CT molecular complexity index is 907. The number of hydrogen-bond donors (Lipinski definition) is 1. The molecular formula is C18H20F3N5. The lowest BCUT2D eigenvalue weighted by atomic mass is 9.82. The smallest absolute Gasteiger partial charge is 0.363 e. The first kappa shape index (κ1) is 18.2. The molecular weight excluding hydrogens is 343 g/mol. The molecule has 0 saturated heterocycles. The molecule has 3 rings (SSSR count). The summed E-state index contributed by atoms with van der Waals surface area (Å²) in [7, 11) is 0. The van der Waals surface area contributed by atoms with Crippen molar-refractivity contribution in [3.05, 3.63) is 53.5 Å². The van der Waals surface area contributed by atoms with Crippen molar-refractivity contribution in [3.63, 3.8) is 0 Å². The van der Waals surface area contributed by atoms with Crippen LogP contribution in [0.3, 0.4) is 0 Å². The summed E-state index contributed by atoms with van der Waals surface area (Å²) in [5, 5.41) is 7.57. The molecule has 1 aromatic carbocycles. The first-order valence-electron chi connectivity index (χ1n) is 8.17. The Labute approximate surface area is 149 Å². The fourth-order valence-corrected chi connectivity index (χ4v) is 2.85. The molecule has 0 unspecified atom stereocenters. The van der Waals surface area contributed by atoms with E-state index in [1.165, 1.54) is 18.5 Å². The van der Waals surface area contributed by atoms with Gasteiger partial charge in [0.25, 0.3) is 5.78 Å². The summed E-state index contributed by atoms with van der Waals surface area (Å²) in [5.74, 6) is 1.15. The van der Waals surface area contributed by atoms with Crippen LogP contribution in [0, 0.1) is 12.3 Å². The summed E-state index contributed by atoms with van der Waals surface area (Å²) in [6, 6.07) is 6.84. The number of aryl methyl sites for hydroxylation is 1. The molecule has 5 nitrogen and oxygen atoms in total. The molecule has 0 spiro atoms. The van der Waals surface area contributed by atoms with Gasteiger partial charge in [0, 0.05) is 11.8 Å². The van der Waals surface area contributed by atoms with Crippen LogP contribution < -0.4 is 5.32 Å². The number of rotatable bonds is 3. The minimum absolute atomic E-state index is 0.237. The Morgan fingerprint density at radius 1 is 1.08 bits per heavy atom. The van der Waals surface area contributed by atoms with Gasteiger partial charge in [-0.25, -0.2) is 4.98 Å². The van der Waals surface area contributed by atoms with Gasteiger partial charge < -0.3 is 5.32 Å². The maximum absolute atomic E-state index is 12.8. The number of nitrogens with one attached hydrogen (secondary N) is 1. The molecule has 3 aromatic rings. The second kappa shape index (κ2) is 6.26. The second-order valence-corrected chi connectivity index (χ2v) is 7.32. The van der Waals surface area contributed by atoms with Gasteiger partial charge in [-0.15, -0.1) is 0 Å². The molecule has 0 bridgehead atoms. The lowest BCUT2D eigenvalue weighted by molar-refractivity contribution is -0.137. The number of benzene rings is 1. The van der Waals surface area contributed by atoms with E-state index in [1.807, 2.05) is 33.8 Å². The van der Waals surface area contributed by atoms with E-state index in [1.54, 1.807) is 4.52 Å². The van der Waals surface area contributed by atoms with Gasteiger partial charge in [-0.1, -0.05) is 32.9 Å². The molecule has 2 heterocycles. The average molecular weight is 363 g/mol. The maximum Gasteiger partial charge on any atom is 0.416 e. The van der Waals surface area contributed by atoms with Gasteiger partial charge in [-0.2, -0.15) is 27.8 Å². The number of halogens is 3. The van der Waals surface area contributed by atoms with Gasteiger partial charge in [0.2, 0.25) is 0 Å². The van der Waals surface area contributed by atoms with E-state index < -0.39 is 11.7 Å². The summed E-state index contributed by atoms with van der Waals surface area (Å²) < 4.78 is 40.1. The molecule has 0 aliphatic heterocycles. The summed E-state index contributed by atoms with van der Waals surface area (Å²) in [6.45, 7) is 7.92. The lowest BCUT2D eigenvalue weighted by Gasteiger charge is -2.33. The fraction of sp³-hybridized carbons (Fsp3) is 0.389. The first-order valence-corrected chi connectivity index (χ1v) is 8.17. The topological polar surface area (TPSA) is 55.1 Å². The number of fused-ring (bicyclic) bond motifs is 1. The Morgan fingerprint density at radius 2 is 1.73 bits per heavy atom. The number of alkyl halides is 3. The van der Waals surface area contributed by atoms with E-state index in [-0.39, 0.29) is 11.5 Å². The van der Waals surface area contributed by atoms with Crippen molar-refractivity contribution < 1.29 is 13.2 Å². The van der Waals surface area contributed by atoms with E-state index in [0.29, 0.717) is 11.6 Å². The van der Waals surface area contributed by atoms with Crippen molar-refractivity contribution in [2.45, 2.75) is 39.9 Å². The van der Waals surface area contributed by atoms with Gasteiger partial charge in [-0.3, -0.25) is 0 Å². The normalized spacial score (nSPS) is 13.8. The average Bonchev–Trinajstić information content (AvgIpc) is 2.99. The highest BCUT2D eigenvalue weighted by Gasteiger charge is 2.32. The second-order valence-electron chi connectivity index (χ2n) is 7.32. The van der Waals surface area contributed by atoms with E-state index in [2.05, 4.69) is 20.4 Å². The highest BCUT2D eigenvalue weighted by Crippen LogP contribution is 2.37. The third-order valence-electron chi connectivity index (χ3n) is 4.11. The van der Waals surface area contributed by atoms with Crippen LogP contribution in [0.1, 0.15) is 43.6 Å². The number of hydrogen-bond acceptors (Lipinski definition) is 4. The van der Waals surface area contributed by atoms with Crippen LogP contribution in [0.25, 0.3) is 5.78 Å². The SMILES string of the molecule is Cc1cc(N[C@@H](c2ccc(C(F)(F)F)cc2)C(C)(C)C)n2ncnc2n1. The predicted octanol–water partition coefficient (Wildman–Crippen LogP) is 4.65.